The van der Waals surface area contributed by atoms with E-state index in [1.54, 1.807) is 6.07 Å². The second kappa shape index (κ2) is 9.41. The number of tetrazole rings is 1. The van der Waals surface area contributed by atoms with E-state index in [4.69, 9.17) is 23.2 Å². The third-order valence-corrected chi connectivity index (χ3v) is 6.02. The minimum absolute atomic E-state index is 0.0901. The Bertz CT molecular complexity index is 1040. The van der Waals surface area contributed by atoms with E-state index < -0.39 is 5.54 Å². The van der Waals surface area contributed by atoms with Gasteiger partial charge in [-0.1, -0.05) is 87.3 Å². The maximum absolute atomic E-state index is 6.38. The minimum atomic E-state index is -0.444. The lowest BCUT2D eigenvalue weighted by Gasteiger charge is -2.34. The number of para-hydroxylation sites is 1. The number of rotatable bonds is 7. The van der Waals surface area contributed by atoms with Crippen LogP contribution in [0.15, 0.2) is 54.6 Å². The van der Waals surface area contributed by atoms with Gasteiger partial charge in [-0.2, -0.15) is 0 Å². The van der Waals surface area contributed by atoms with Crippen molar-refractivity contribution in [2.45, 2.75) is 52.6 Å². The molecular weight excluding hydrogens is 429 g/mol. The number of halogens is 2. The highest BCUT2D eigenvalue weighted by Gasteiger charge is 2.36. The number of nitrogens with zero attached hydrogens (tertiary/aromatic N) is 4. The predicted octanol–water partition coefficient (Wildman–Crippen LogP) is 7.02. The van der Waals surface area contributed by atoms with Crippen molar-refractivity contribution in [3.05, 3.63) is 76.0 Å². The van der Waals surface area contributed by atoms with Gasteiger partial charge in [-0.3, -0.25) is 0 Å². The van der Waals surface area contributed by atoms with Crippen LogP contribution in [0.4, 0.5) is 5.69 Å². The summed E-state index contributed by atoms with van der Waals surface area (Å²) in [6.45, 7) is 10.8. The Morgan fingerprint density at radius 3 is 2.39 bits per heavy atom. The van der Waals surface area contributed by atoms with Crippen molar-refractivity contribution >= 4 is 35.0 Å². The Labute approximate surface area is 194 Å². The van der Waals surface area contributed by atoms with Crippen molar-refractivity contribution in [3.63, 3.8) is 0 Å². The summed E-state index contributed by atoms with van der Waals surface area (Å²) in [6.07, 6.45) is 4.92. The van der Waals surface area contributed by atoms with Crippen LogP contribution in [0.2, 0.25) is 10.0 Å². The van der Waals surface area contributed by atoms with Gasteiger partial charge in [0.15, 0.2) is 5.82 Å². The SMILES string of the molecule is CCC(C)(Nc1ccccc1)c1nnnn1C(C=Cc1ccc(Cl)cc1Cl)C(C)(C)C. The molecule has 0 saturated carbocycles. The van der Waals surface area contributed by atoms with Gasteiger partial charge in [0.2, 0.25) is 0 Å². The third-order valence-electron chi connectivity index (χ3n) is 5.46. The van der Waals surface area contributed by atoms with Crippen molar-refractivity contribution in [3.8, 4) is 0 Å². The molecule has 5 nitrogen and oxygen atoms in total. The fraction of sp³-hybridized carbons (Fsp3) is 0.375. The molecule has 1 N–H and O–H groups in total. The van der Waals surface area contributed by atoms with Crippen molar-refractivity contribution in [1.29, 1.82) is 0 Å². The number of hydrogen-bond donors (Lipinski definition) is 1. The van der Waals surface area contributed by atoms with E-state index in [2.05, 4.69) is 61.5 Å². The molecule has 1 aromatic heterocycles. The second-order valence-corrected chi connectivity index (χ2v) is 9.80. The zero-order valence-corrected chi connectivity index (χ0v) is 20.1. The van der Waals surface area contributed by atoms with Crippen molar-refractivity contribution < 1.29 is 0 Å². The molecule has 0 aliphatic carbocycles. The fourth-order valence-corrected chi connectivity index (χ4v) is 3.93. The summed E-state index contributed by atoms with van der Waals surface area (Å²) >= 11 is 12.4. The maximum Gasteiger partial charge on any atom is 0.177 e. The highest BCUT2D eigenvalue weighted by atomic mass is 35.5. The summed E-state index contributed by atoms with van der Waals surface area (Å²) < 4.78 is 1.92. The molecule has 0 aliphatic heterocycles. The fourth-order valence-electron chi connectivity index (χ4n) is 3.46. The average molecular weight is 458 g/mol. The summed E-state index contributed by atoms with van der Waals surface area (Å²) in [6, 6.07) is 15.5. The molecule has 2 aromatic carbocycles. The Morgan fingerprint density at radius 1 is 1.06 bits per heavy atom. The molecule has 0 bridgehead atoms. The second-order valence-electron chi connectivity index (χ2n) is 8.96. The van der Waals surface area contributed by atoms with Gasteiger partial charge >= 0.3 is 0 Å². The van der Waals surface area contributed by atoms with Gasteiger partial charge in [-0.05, 0) is 59.0 Å². The summed E-state index contributed by atoms with van der Waals surface area (Å²) in [5, 5.41) is 17.7. The molecule has 0 amide bonds. The Kier molecular flexibility index (Phi) is 7.07. The lowest BCUT2D eigenvalue weighted by Crippen LogP contribution is -2.37. The highest BCUT2D eigenvalue weighted by molar-refractivity contribution is 6.35. The number of anilines is 1. The van der Waals surface area contributed by atoms with E-state index in [1.165, 1.54) is 0 Å². The molecule has 164 valence electrons. The van der Waals surface area contributed by atoms with E-state index in [-0.39, 0.29) is 11.5 Å². The van der Waals surface area contributed by atoms with E-state index in [0.29, 0.717) is 10.0 Å². The van der Waals surface area contributed by atoms with Gasteiger partial charge in [0, 0.05) is 15.7 Å². The molecule has 0 spiro atoms. The maximum atomic E-state index is 6.38. The molecule has 2 atom stereocenters. The quantitative estimate of drug-likeness (QED) is 0.413. The molecule has 0 radical (unpaired) electrons. The largest absolute Gasteiger partial charge is 0.373 e. The van der Waals surface area contributed by atoms with Crippen molar-refractivity contribution in [2.75, 3.05) is 5.32 Å². The molecular formula is C24H29Cl2N5. The first-order valence-electron chi connectivity index (χ1n) is 10.4. The number of nitrogens with one attached hydrogen (secondary N) is 1. The van der Waals surface area contributed by atoms with Gasteiger partial charge in [-0.25, -0.2) is 4.68 Å². The monoisotopic (exact) mass is 457 g/mol. The van der Waals surface area contributed by atoms with E-state index >= 15 is 0 Å². The van der Waals surface area contributed by atoms with Gasteiger partial charge < -0.3 is 5.32 Å². The Hall–Kier alpha value is -2.37. The molecule has 1 heterocycles. The number of benzene rings is 2. The normalized spacial score (nSPS) is 15.1. The topological polar surface area (TPSA) is 55.6 Å². The van der Waals surface area contributed by atoms with E-state index in [0.717, 1.165) is 23.5 Å². The van der Waals surface area contributed by atoms with Gasteiger partial charge in [-0.15, -0.1) is 5.10 Å². The zero-order valence-electron chi connectivity index (χ0n) is 18.6. The lowest BCUT2D eigenvalue weighted by atomic mass is 9.85. The average Bonchev–Trinajstić information content (AvgIpc) is 3.19. The van der Waals surface area contributed by atoms with Crippen LogP contribution in [-0.2, 0) is 5.54 Å². The van der Waals surface area contributed by atoms with Crippen LogP contribution < -0.4 is 5.32 Å². The third kappa shape index (κ3) is 5.46. The first-order chi connectivity index (χ1) is 14.6. The molecule has 31 heavy (non-hydrogen) atoms. The number of allylic oxidation sites excluding steroid dienone is 1. The van der Waals surface area contributed by atoms with Gasteiger partial charge in [0.05, 0.1) is 11.6 Å². The minimum Gasteiger partial charge on any atom is -0.373 e. The van der Waals surface area contributed by atoms with Crippen LogP contribution >= 0.6 is 23.2 Å². The highest BCUT2D eigenvalue weighted by Crippen LogP contribution is 2.36. The van der Waals surface area contributed by atoms with Crippen LogP contribution in [0, 0.1) is 5.41 Å². The molecule has 0 fully saturated rings. The van der Waals surface area contributed by atoms with Crippen LogP contribution in [0.25, 0.3) is 6.08 Å². The number of aromatic nitrogens is 4. The van der Waals surface area contributed by atoms with E-state index in [9.17, 15) is 0 Å². The van der Waals surface area contributed by atoms with Crippen LogP contribution in [0.5, 0.6) is 0 Å². The molecule has 3 aromatic rings. The van der Waals surface area contributed by atoms with Crippen LogP contribution in [-0.4, -0.2) is 20.2 Å². The molecule has 0 saturated heterocycles. The number of hydrogen-bond acceptors (Lipinski definition) is 4. The summed E-state index contributed by atoms with van der Waals surface area (Å²) in [7, 11) is 0. The first kappa shape index (κ1) is 23.3. The standard InChI is InChI=1S/C24H29Cl2N5/c1-6-24(5,27-19-10-8-7-9-11-19)22-28-29-30-31(22)21(23(2,3)4)15-13-17-12-14-18(25)16-20(17)26/h7-16,21,27H,6H2,1-5H3. The molecule has 0 aliphatic rings. The van der Waals surface area contributed by atoms with Crippen molar-refractivity contribution in [2.24, 2.45) is 5.41 Å². The van der Waals surface area contributed by atoms with Gasteiger partial charge in [0.25, 0.3) is 0 Å². The molecule has 3 rings (SSSR count). The Balaban J connectivity index is 2.00. The smallest absolute Gasteiger partial charge is 0.177 e. The Morgan fingerprint density at radius 2 is 1.77 bits per heavy atom. The van der Waals surface area contributed by atoms with Gasteiger partial charge in [0.1, 0.15) is 0 Å². The predicted molar refractivity (Wildman–Crippen MR) is 130 cm³/mol. The van der Waals surface area contributed by atoms with Crippen LogP contribution in [0.3, 0.4) is 0 Å². The summed E-state index contributed by atoms with van der Waals surface area (Å²) in [5.41, 5.74) is 1.34. The zero-order chi connectivity index (χ0) is 22.6. The summed E-state index contributed by atoms with van der Waals surface area (Å²) in [4.78, 5) is 0. The van der Waals surface area contributed by atoms with Crippen LogP contribution in [0.1, 0.15) is 58.5 Å². The first-order valence-corrected chi connectivity index (χ1v) is 11.1. The lowest BCUT2D eigenvalue weighted by molar-refractivity contribution is 0.255. The molecule has 2 unspecified atom stereocenters. The van der Waals surface area contributed by atoms with Crippen molar-refractivity contribution in [1.82, 2.24) is 20.2 Å². The van der Waals surface area contributed by atoms with E-state index in [1.807, 2.05) is 53.2 Å². The molecule has 7 heteroatoms. The summed E-state index contributed by atoms with van der Waals surface area (Å²) in [5.74, 6) is 0.783.